The third-order valence-electron chi connectivity index (χ3n) is 3.64. The van der Waals surface area contributed by atoms with E-state index >= 15 is 0 Å². The van der Waals surface area contributed by atoms with Gasteiger partial charge >= 0.3 is 12.4 Å². The molecule has 0 spiro atoms. The van der Waals surface area contributed by atoms with Crippen molar-refractivity contribution in [1.82, 2.24) is 10.2 Å². The van der Waals surface area contributed by atoms with Crippen LogP contribution in [0.2, 0.25) is 0 Å². The summed E-state index contributed by atoms with van der Waals surface area (Å²) < 4.78 is 76.0. The largest absolute Gasteiger partial charge is 0.416 e. The molecule has 0 aliphatic carbocycles. The van der Waals surface area contributed by atoms with Crippen molar-refractivity contribution in [2.45, 2.75) is 24.8 Å². The van der Waals surface area contributed by atoms with Crippen molar-refractivity contribution in [3.63, 3.8) is 0 Å². The molecule has 0 unspecified atom stereocenters. The number of nitrogens with zero attached hydrogens (tertiary/aromatic N) is 1. The van der Waals surface area contributed by atoms with Gasteiger partial charge in [0.25, 0.3) is 0 Å². The summed E-state index contributed by atoms with van der Waals surface area (Å²) in [4.78, 5) is 1.66. The minimum Gasteiger partial charge on any atom is -0.314 e. The number of benzene rings is 1. The Morgan fingerprint density at radius 2 is 1.48 bits per heavy atom. The number of hydrogen-bond acceptors (Lipinski definition) is 2. The fraction of sp³-hybridized carbons (Fsp3) is 0.571. The molecule has 2 rings (SSSR count). The Kier molecular flexibility index (Phi) is 6.73. The first-order chi connectivity index (χ1) is 10.2. The van der Waals surface area contributed by atoms with Crippen LogP contribution in [0.25, 0.3) is 0 Å². The number of alkyl halides is 6. The van der Waals surface area contributed by atoms with E-state index in [1.807, 2.05) is 0 Å². The van der Waals surface area contributed by atoms with Crippen LogP contribution < -0.4 is 5.32 Å². The number of rotatable bonds is 3. The summed E-state index contributed by atoms with van der Waals surface area (Å²) in [5.74, 6) is 0. The first-order valence-corrected chi connectivity index (χ1v) is 6.85. The summed E-state index contributed by atoms with van der Waals surface area (Å²) >= 11 is 0. The predicted molar refractivity (Wildman–Crippen MR) is 76.5 cm³/mol. The molecule has 0 radical (unpaired) electrons. The standard InChI is InChI=1S/C14H16F6N2.ClH/c15-13(16,17)9-12(22-7-5-21-6-8-22)10-1-3-11(4-2-10)14(18,19)20;/h1-4,12,21H,5-9H2;1H/t12-;/m0./s1. The zero-order chi connectivity index (χ0) is 16.4. The first kappa shape index (κ1) is 20.1. The van der Waals surface area contributed by atoms with Crippen LogP contribution in [0.5, 0.6) is 0 Å². The highest BCUT2D eigenvalue weighted by molar-refractivity contribution is 5.85. The van der Waals surface area contributed by atoms with Crippen molar-refractivity contribution < 1.29 is 26.3 Å². The zero-order valence-electron chi connectivity index (χ0n) is 12.0. The number of hydrogen-bond donors (Lipinski definition) is 1. The summed E-state index contributed by atoms with van der Waals surface area (Å²) in [7, 11) is 0. The molecule has 1 heterocycles. The lowest BCUT2D eigenvalue weighted by atomic mass is 9.99. The molecule has 0 saturated carbocycles. The van der Waals surface area contributed by atoms with Gasteiger partial charge in [0, 0.05) is 32.2 Å². The summed E-state index contributed by atoms with van der Waals surface area (Å²) in [5.41, 5.74) is -0.602. The predicted octanol–water partition coefficient (Wildman–Crippen LogP) is 4.03. The van der Waals surface area contributed by atoms with Crippen molar-refractivity contribution in [2.75, 3.05) is 26.2 Å². The van der Waals surface area contributed by atoms with E-state index in [2.05, 4.69) is 5.32 Å². The van der Waals surface area contributed by atoms with Crippen LogP contribution in [0.15, 0.2) is 24.3 Å². The maximum absolute atomic E-state index is 12.8. The molecule has 132 valence electrons. The van der Waals surface area contributed by atoms with Crippen LogP contribution in [0, 0.1) is 0 Å². The minimum atomic E-state index is -4.49. The highest BCUT2D eigenvalue weighted by Crippen LogP contribution is 2.35. The Balaban J connectivity index is 0.00000264. The molecular weight excluding hydrogens is 346 g/mol. The smallest absolute Gasteiger partial charge is 0.314 e. The molecule has 1 aromatic carbocycles. The second-order valence-corrected chi connectivity index (χ2v) is 5.24. The van der Waals surface area contributed by atoms with E-state index in [9.17, 15) is 26.3 Å². The van der Waals surface area contributed by atoms with Gasteiger partial charge in [0.2, 0.25) is 0 Å². The van der Waals surface area contributed by atoms with E-state index in [-0.39, 0.29) is 18.0 Å². The molecule has 23 heavy (non-hydrogen) atoms. The van der Waals surface area contributed by atoms with Crippen LogP contribution in [0.4, 0.5) is 26.3 Å². The van der Waals surface area contributed by atoms with Gasteiger partial charge in [-0.3, -0.25) is 4.90 Å². The van der Waals surface area contributed by atoms with Crippen molar-refractivity contribution in [3.8, 4) is 0 Å². The van der Waals surface area contributed by atoms with Gasteiger partial charge in [-0.2, -0.15) is 26.3 Å². The highest BCUT2D eigenvalue weighted by atomic mass is 35.5. The monoisotopic (exact) mass is 362 g/mol. The average molecular weight is 363 g/mol. The molecule has 1 fully saturated rings. The maximum Gasteiger partial charge on any atom is 0.416 e. The SMILES string of the molecule is Cl.FC(F)(F)C[C@@H](c1ccc(C(F)(F)F)cc1)N1CCNCC1. The van der Waals surface area contributed by atoms with Gasteiger partial charge in [0.1, 0.15) is 0 Å². The zero-order valence-corrected chi connectivity index (χ0v) is 12.9. The minimum absolute atomic E-state index is 0. The second kappa shape index (κ2) is 7.72. The van der Waals surface area contributed by atoms with E-state index in [4.69, 9.17) is 0 Å². The van der Waals surface area contributed by atoms with Gasteiger partial charge in [0.15, 0.2) is 0 Å². The van der Waals surface area contributed by atoms with E-state index in [0.29, 0.717) is 26.2 Å². The van der Waals surface area contributed by atoms with E-state index in [0.717, 1.165) is 24.3 Å². The lowest BCUT2D eigenvalue weighted by Gasteiger charge is -2.35. The molecule has 9 heteroatoms. The lowest BCUT2D eigenvalue weighted by Crippen LogP contribution is -2.46. The first-order valence-electron chi connectivity index (χ1n) is 6.85. The van der Waals surface area contributed by atoms with Crippen molar-refractivity contribution in [1.29, 1.82) is 0 Å². The van der Waals surface area contributed by atoms with Crippen LogP contribution in [-0.2, 0) is 6.18 Å². The quantitative estimate of drug-likeness (QED) is 0.817. The molecule has 0 aromatic heterocycles. The molecule has 1 atom stereocenters. The molecule has 1 aliphatic heterocycles. The van der Waals surface area contributed by atoms with E-state index in [1.165, 1.54) is 0 Å². The van der Waals surface area contributed by atoms with Crippen molar-refractivity contribution in [3.05, 3.63) is 35.4 Å². The van der Waals surface area contributed by atoms with Gasteiger partial charge < -0.3 is 5.32 Å². The summed E-state index contributed by atoms with van der Waals surface area (Å²) in [5, 5.41) is 3.04. The Morgan fingerprint density at radius 1 is 0.957 bits per heavy atom. The molecule has 1 saturated heterocycles. The number of piperazine rings is 1. The number of nitrogens with one attached hydrogen (secondary N) is 1. The fourth-order valence-corrected chi connectivity index (χ4v) is 2.57. The average Bonchev–Trinajstić information content (AvgIpc) is 2.44. The van der Waals surface area contributed by atoms with E-state index in [1.54, 1.807) is 4.90 Å². The molecule has 2 nitrogen and oxygen atoms in total. The highest BCUT2D eigenvalue weighted by Gasteiger charge is 2.36. The molecule has 1 aromatic rings. The molecule has 0 amide bonds. The van der Waals surface area contributed by atoms with Crippen molar-refractivity contribution >= 4 is 12.4 Å². The fourth-order valence-electron chi connectivity index (χ4n) is 2.57. The lowest BCUT2D eigenvalue weighted by molar-refractivity contribution is -0.149. The normalized spacial score (nSPS) is 18.3. The Hall–Kier alpha value is -0.990. The van der Waals surface area contributed by atoms with Crippen molar-refractivity contribution in [2.24, 2.45) is 0 Å². The number of halogens is 7. The Bertz CT molecular complexity index is 480. The second-order valence-electron chi connectivity index (χ2n) is 5.24. The Labute approximate surface area is 136 Å². The molecule has 1 N–H and O–H groups in total. The third-order valence-corrected chi connectivity index (χ3v) is 3.64. The van der Waals surface area contributed by atoms with Crippen LogP contribution in [0.3, 0.4) is 0 Å². The third kappa shape index (κ3) is 5.86. The van der Waals surface area contributed by atoms with Crippen LogP contribution >= 0.6 is 12.4 Å². The van der Waals surface area contributed by atoms with Crippen LogP contribution in [0.1, 0.15) is 23.6 Å². The van der Waals surface area contributed by atoms with Gasteiger partial charge in [-0.25, -0.2) is 0 Å². The maximum atomic E-state index is 12.8. The summed E-state index contributed by atoms with van der Waals surface area (Å²) in [6.45, 7) is 1.99. The Morgan fingerprint density at radius 3 is 1.91 bits per heavy atom. The molecule has 1 aliphatic rings. The summed E-state index contributed by atoms with van der Waals surface area (Å²) in [6.07, 6.45) is -9.94. The topological polar surface area (TPSA) is 15.3 Å². The van der Waals surface area contributed by atoms with Crippen LogP contribution in [-0.4, -0.2) is 37.3 Å². The van der Waals surface area contributed by atoms with E-state index < -0.39 is 30.4 Å². The summed E-state index contributed by atoms with van der Waals surface area (Å²) in [6, 6.07) is 2.99. The van der Waals surface area contributed by atoms with Gasteiger partial charge in [-0.15, -0.1) is 12.4 Å². The van der Waals surface area contributed by atoms with Gasteiger partial charge in [0.05, 0.1) is 12.0 Å². The van der Waals surface area contributed by atoms with Gasteiger partial charge in [-0.1, -0.05) is 12.1 Å². The van der Waals surface area contributed by atoms with Gasteiger partial charge in [-0.05, 0) is 17.7 Å². The molecule has 0 bridgehead atoms. The molecular formula is C14H17ClF6N2.